The van der Waals surface area contributed by atoms with Crippen LogP contribution in [0.1, 0.15) is 45.5 Å². The number of benzene rings is 1. The standard InChI is InChI=1S/C16H16N2OS/c1-10-3-6-13(11(2)7-10)19-9-15-18-16(12-4-5-12)14(8-17)20-15/h3,6-7,12H,4-5,9H2,1-2H3. The number of thiazole rings is 1. The second-order valence-corrected chi connectivity index (χ2v) is 6.35. The molecule has 0 N–H and O–H groups in total. The number of nitrogens with zero attached hydrogens (tertiary/aromatic N) is 2. The average molecular weight is 284 g/mol. The Balaban J connectivity index is 1.73. The highest BCUT2D eigenvalue weighted by atomic mass is 32.1. The summed E-state index contributed by atoms with van der Waals surface area (Å²) in [5.41, 5.74) is 3.34. The zero-order valence-corrected chi connectivity index (χ0v) is 12.5. The van der Waals surface area contributed by atoms with Crippen molar-refractivity contribution in [1.82, 2.24) is 4.98 Å². The minimum atomic E-state index is 0.440. The molecule has 3 rings (SSSR count). The van der Waals surface area contributed by atoms with E-state index in [2.05, 4.69) is 24.0 Å². The maximum atomic E-state index is 9.15. The van der Waals surface area contributed by atoms with Gasteiger partial charge < -0.3 is 4.74 Å². The quantitative estimate of drug-likeness (QED) is 0.849. The van der Waals surface area contributed by atoms with E-state index in [0.29, 0.717) is 12.5 Å². The van der Waals surface area contributed by atoms with Crippen LogP contribution in [0.3, 0.4) is 0 Å². The van der Waals surface area contributed by atoms with Crippen molar-refractivity contribution in [1.29, 1.82) is 5.26 Å². The topological polar surface area (TPSA) is 45.9 Å². The normalized spacial score (nSPS) is 14.1. The summed E-state index contributed by atoms with van der Waals surface area (Å²) >= 11 is 1.46. The Hall–Kier alpha value is -1.86. The molecule has 0 saturated heterocycles. The van der Waals surface area contributed by atoms with E-state index in [9.17, 15) is 0 Å². The second-order valence-electron chi connectivity index (χ2n) is 5.27. The Morgan fingerprint density at radius 3 is 2.85 bits per heavy atom. The third kappa shape index (κ3) is 2.68. The van der Waals surface area contributed by atoms with Gasteiger partial charge in [-0.1, -0.05) is 17.7 Å². The van der Waals surface area contributed by atoms with Gasteiger partial charge in [-0.15, -0.1) is 11.3 Å². The van der Waals surface area contributed by atoms with Crippen LogP contribution in [0.4, 0.5) is 0 Å². The lowest BCUT2D eigenvalue weighted by Gasteiger charge is -2.07. The first-order chi connectivity index (χ1) is 9.67. The van der Waals surface area contributed by atoms with Gasteiger partial charge in [0.05, 0.1) is 5.69 Å². The van der Waals surface area contributed by atoms with Crippen molar-refractivity contribution >= 4 is 11.3 Å². The van der Waals surface area contributed by atoms with Gasteiger partial charge in [-0.3, -0.25) is 0 Å². The van der Waals surface area contributed by atoms with Crippen LogP contribution in [0.25, 0.3) is 0 Å². The molecule has 1 saturated carbocycles. The van der Waals surface area contributed by atoms with Crippen molar-refractivity contribution in [2.75, 3.05) is 0 Å². The first-order valence-electron chi connectivity index (χ1n) is 6.77. The van der Waals surface area contributed by atoms with Crippen molar-refractivity contribution < 1.29 is 4.74 Å². The molecule has 1 heterocycles. The largest absolute Gasteiger partial charge is 0.486 e. The van der Waals surface area contributed by atoms with Crippen LogP contribution in [0.15, 0.2) is 18.2 Å². The molecule has 1 aliphatic carbocycles. The minimum absolute atomic E-state index is 0.440. The van der Waals surface area contributed by atoms with E-state index in [1.54, 1.807) is 0 Å². The van der Waals surface area contributed by atoms with E-state index in [1.165, 1.54) is 16.9 Å². The van der Waals surface area contributed by atoms with Crippen molar-refractivity contribution in [3.8, 4) is 11.8 Å². The Morgan fingerprint density at radius 1 is 1.40 bits per heavy atom. The van der Waals surface area contributed by atoms with E-state index in [4.69, 9.17) is 10.00 Å². The molecule has 0 unspecified atom stereocenters. The van der Waals surface area contributed by atoms with Crippen molar-refractivity contribution in [2.24, 2.45) is 0 Å². The Labute approximate surface area is 122 Å². The van der Waals surface area contributed by atoms with Gasteiger partial charge in [-0.2, -0.15) is 5.26 Å². The second kappa shape index (κ2) is 5.26. The maximum absolute atomic E-state index is 9.15. The fraction of sp³-hybridized carbons (Fsp3) is 0.375. The number of nitriles is 1. The van der Waals surface area contributed by atoms with Crippen LogP contribution in [0, 0.1) is 25.2 Å². The summed E-state index contributed by atoms with van der Waals surface area (Å²) in [5.74, 6) is 1.40. The number of hydrogen-bond donors (Lipinski definition) is 0. The summed E-state index contributed by atoms with van der Waals surface area (Å²) in [6.45, 7) is 4.55. The molecule has 1 aromatic heterocycles. The van der Waals surface area contributed by atoms with Gasteiger partial charge in [0.2, 0.25) is 0 Å². The van der Waals surface area contributed by atoms with Crippen LogP contribution in [-0.4, -0.2) is 4.98 Å². The number of aryl methyl sites for hydroxylation is 2. The molecule has 20 heavy (non-hydrogen) atoms. The fourth-order valence-electron chi connectivity index (χ4n) is 2.25. The van der Waals surface area contributed by atoms with E-state index >= 15 is 0 Å². The molecule has 0 atom stereocenters. The van der Waals surface area contributed by atoms with E-state index < -0.39 is 0 Å². The van der Waals surface area contributed by atoms with Gasteiger partial charge in [0, 0.05) is 5.92 Å². The number of aromatic nitrogens is 1. The molecule has 0 spiro atoms. The first kappa shape index (κ1) is 13.1. The van der Waals surface area contributed by atoms with E-state index in [0.717, 1.165) is 39.7 Å². The van der Waals surface area contributed by atoms with Crippen LogP contribution in [0.5, 0.6) is 5.75 Å². The summed E-state index contributed by atoms with van der Waals surface area (Å²) in [4.78, 5) is 5.33. The molecule has 1 aromatic carbocycles. The number of rotatable bonds is 4. The summed E-state index contributed by atoms with van der Waals surface area (Å²) in [7, 11) is 0. The summed E-state index contributed by atoms with van der Waals surface area (Å²) in [5, 5.41) is 10.0. The monoisotopic (exact) mass is 284 g/mol. The van der Waals surface area contributed by atoms with Gasteiger partial charge in [0.25, 0.3) is 0 Å². The van der Waals surface area contributed by atoms with Crippen LogP contribution < -0.4 is 4.74 Å². The molecule has 4 heteroatoms. The van der Waals surface area contributed by atoms with Crippen LogP contribution in [-0.2, 0) is 6.61 Å². The van der Waals surface area contributed by atoms with Crippen molar-refractivity contribution in [3.63, 3.8) is 0 Å². The van der Waals surface area contributed by atoms with Crippen molar-refractivity contribution in [2.45, 2.75) is 39.2 Å². The van der Waals surface area contributed by atoms with Crippen molar-refractivity contribution in [3.05, 3.63) is 44.9 Å². The zero-order valence-electron chi connectivity index (χ0n) is 11.6. The lowest BCUT2D eigenvalue weighted by molar-refractivity contribution is 0.303. The molecule has 1 fully saturated rings. The third-order valence-corrected chi connectivity index (χ3v) is 4.39. The molecular formula is C16H16N2OS. The molecular weight excluding hydrogens is 268 g/mol. The summed E-state index contributed by atoms with van der Waals surface area (Å²) < 4.78 is 5.83. The molecule has 1 aliphatic rings. The number of hydrogen-bond acceptors (Lipinski definition) is 4. The van der Waals surface area contributed by atoms with Crippen LogP contribution in [0.2, 0.25) is 0 Å². The highest BCUT2D eigenvalue weighted by molar-refractivity contribution is 7.12. The molecule has 0 aliphatic heterocycles. The first-order valence-corrected chi connectivity index (χ1v) is 7.59. The summed E-state index contributed by atoms with van der Waals surface area (Å²) in [6, 6.07) is 8.39. The highest BCUT2D eigenvalue weighted by Crippen LogP contribution is 2.42. The molecule has 0 radical (unpaired) electrons. The zero-order chi connectivity index (χ0) is 14.1. The maximum Gasteiger partial charge on any atom is 0.140 e. The predicted molar refractivity (Wildman–Crippen MR) is 79.1 cm³/mol. The van der Waals surface area contributed by atoms with Gasteiger partial charge in [0.1, 0.15) is 28.3 Å². The Kier molecular flexibility index (Phi) is 3.45. The average Bonchev–Trinajstić information content (AvgIpc) is 3.18. The fourth-order valence-corrected chi connectivity index (χ4v) is 3.11. The van der Waals surface area contributed by atoms with Crippen LogP contribution >= 0.6 is 11.3 Å². The third-order valence-electron chi connectivity index (χ3n) is 3.44. The minimum Gasteiger partial charge on any atom is -0.486 e. The van der Waals surface area contributed by atoms with E-state index in [1.807, 2.05) is 19.1 Å². The molecule has 0 bridgehead atoms. The van der Waals surface area contributed by atoms with Gasteiger partial charge >= 0.3 is 0 Å². The van der Waals surface area contributed by atoms with Gasteiger partial charge in [0.15, 0.2) is 0 Å². The SMILES string of the molecule is Cc1ccc(OCc2nc(C3CC3)c(C#N)s2)c(C)c1. The summed E-state index contributed by atoms with van der Waals surface area (Å²) in [6.07, 6.45) is 2.32. The predicted octanol–water partition coefficient (Wildman–Crippen LogP) is 4.09. The smallest absolute Gasteiger partial charge is 0.140 e. The van der Waals surface area contributed by atoms with Gasteiger partial charge in [-0.25, -0.2) is 4.98 Å². The lowest BCUT2D eigenvalue weighted by Crippen LogP contribution is -1.97. The Bertz CT molecular complexity index is 680. The molecule has 3 nitrogen and oxygen atoms in total. The Morgan fingerprint density at radius 2 is 2.20 bits per heavy atom. The van der Waals surface area contributed by atoms with Gasteiger partial charge in [-0.05, 0) is 38.3 Å². The van der Waals surface area contributed by atoms with E-state index in [-0.39, 0.29) is 0 Å². The number of ether oxygens (including phenoxy) is 1. The molecule has 0 amide bonds. The highest BCUT2D eigenvalue weighted by Gasteiger charge is 2.29. The lowest BCUT2D eigenvalue weighted by atomic mass is 10.1. The molecule has 102 valence electrons. The molecule has 2 aromatic rings.